The van der Waals surface area contributed by atoms with Crippen molar-refractivity contribution < 1.29 is 9.90 Å². The fraction of sp³-hybridized carbons (Fsp3) is 0.118. The zero-order chi connectivity index (χ0) is 14.2. The van der Waals surface area contributed by atoms with Gasteiger partial charge in [0.1, 0.15) is 0 Å². The molecule has 0 fully saturated rings. The number of hydrogen-bond acceptors (Lipinski definition) is 2. The summed E-state index contributed by atoms with van der Waals surface area (Å²) in [6.45, 7) is 0.226. The van der Waals surface area contributed by atoms with Gasteiger partial charge in [-0.25, -0.2) is 0 Å². The first kappa shape index (κ1) is 14.0. The van der Waals surface area contributed by atoms with Crippen LogP contribution in [0.2, 0.25) is 0 Å². The molecule has 102 valence electrons. The van der Waals surface area contributed by atoms with Gasteiger partial charge in [-0.3, -0.25) is 4.79 Å². The minimum Gasteiger partial charge on any atom is -0.395 e. The van der Waals surface area contributed by atoms with E-state index in [-0.39, 0.29) is 19.1 Å². The average Bonchev–Trinajstić information content (AvgIpc) is 2.49. The molecule has 0 unspecified atom stereocenters. The number of hydrogen-bond donors (Lipinski definition) is 2. The second kappa shape index (κ2) is 7.26. The van der Waals surface area contributed by atoms with Crippen molar-refractivity contribution in [2.45, 2.75) is 0 Å². The first-order valence-electron chi connectivity index (χ1n) is 6.52. The fourth-order valence-corrected chi connectivity index (χ4v) is 1.86. The Labute approximate surface area is 118 Å². The molecule has 0 saturated heterocycles. The minimum atomic E-state index is -0.206. The number of benzene rings is 2. The van der Waals surface area contributed by atoms with Crippen molar-refractivity contribution in [1.29, 1.82) is 0 Å². The van der Waals surface area contributed by atoms with Crippen molar-refractivity contribution in [2.75, 3.05) is 13.2 Å². The lowest BCUT2D eigenvalue weighted by Crippen LogP contribution is -2.24. The second-order valence-corrected chi connectivity index (χ2v) is 4.34. The molecule has 0 spiro atoms. The van der Waals surface area contributed by atoms with Gasteiger partial charge in [0.05, 0.1) is 6.61 Å². The van der Waals surface area contributed by atoms with Gasteiger partial charge in [-0.1, -0.05) is 54.6 Å². The Morgan fingerprint density at radius 2 is 1.90 bits per heavy atom. The van der Waals surface area contributed by atoms with Gasteiger partial charge in [-0.05, 0) is 22.4 Å². The number of amides is 1. The van der Waals surface area contributed by atoms with E-state index in [0.717, 1.165) is 5.56 Å². The smallest absolute Gasteiger partial charge is 0.244 e. The maximum Gasteiger partial charge on any atom is 0.244 e. The van der Waals surface area contributed by atoms with Crippen molar-refractivity contribution >= 4 is 22.8 Å². The number of nitrogens with one attached hydrogen (secondary N) is 1. The van der Waals surface area contributed by atoms with Crippen LogP contribution in [0.3, 0.4) is 0 Å². The lowest BCUT2D eigenvalue weighted by atomic mass is 10.1. The summed E-state index contributed by atoms with van der Waals surface area (Å²) in [4.78, 5) is 11.2. The summed E-state index contributed by atoms with van der Waals surface area (Å²) >= 11 is 0. The third kappa shape index (κ3) is 4.07. The summed E-state index contributed by atoms with van der Waals surface area (Å²) in [5, 5.41) is 13.5. The third-order valence-electron chi connectivity index (χ3n) is 2.83. The Bertz CT molecular complexity index is 644. The highest BCUT2D eigenvalue weighted by Crippen LogP contribution is 2.16. The topological polar surface area (TPSA) is 49.3 Å². The lowest BCUT2D eigenvalue weighted by Gasteiger charge is -1.98. The molecule has 0 aliphatic heterocycles. The van der Waals surface area contributed by atoms with Crippen LogP contribution in [0.4, 0.5) is 0 Å². The maximum absolute atomic E-state index is 11.2. The molecule has 0 saturated carbocycles. The van der Waals surface area contributed by atoms with Crippen molar-refractivity contribution in [3.05, 3.63) is 66.3 Å². The molecule has 2 N–H and O–H groups in total. The molecule has 0 bridgehead atoms. The second-order valence-electron chi connectivity index (χ2n) is 4.34. The highest BCUT2D eigenvalue weighted by atomic mass is 16.3. The molecule has 3 nitrogen and oxygen atoms in total. The number of rotatable bonds is 5. The zero-order valence-electron chi connectivity index (χ0n) is 11.1. The molecule has 20 heavy (non-hydrogen) atoms. The van der Waals surface area contributed by atoms with E-state index in [0.29, 0.717) is 0 Å². The molecule has 0 atom stereocenters. The van der Waals surface area contributed by atoms with Crippen LogP contribution >= 0.6 is 0 Å². The normalized spacial score (nSPS) is 11.4. The van der Waals surface area contributed by atoms with Gasteiger partial charge < -0.3 is 10.4 Å². The molecular formula is C17H17NO2. The Morgan fingerprint density at radius 1 is 1.10 bits per heavy atom. The molecule has 0 aliphatic rings. The molecule has 0 aromatic heterocycles. The van der Waals surface area contributed by atoms with E-state index in [1.807, 2.05) is 30.4 Å². The molecule has 0 aliphatic carbocycles. The molecule has 3 heteroatoms. The quantitative estimate of drug-likeness (QED) is 0.646. The third-order valence-corrected chi connectivity index (χ3v) is 2.83. The van der Waals surface area contributed by atoms with Crippen LogP contribution in [0, 0.1) is 0 Å². The summed E-state index contributed by atoms with van der Waals surface area (Å²) in [6.07, 6.45) is 6.89. The Morgan fingerprint density at radius 3 is 2.70 bits per heavy atom. The van der Waals surface area contributed by atoms with E-state index in [1.165, 1.54) is 16.8 Å². The number of carbonyl (C=O) groups is 1. The summed E-state index contributed by atoms with van der Waals surface area (Å²) in [5.74, 6) is -0.206. The summed E-state index contributed by atoms with van der Waals surface area (Å²) in [6, 6.07) is 14.4. The molecule has 0 radical (unpaired) electrons. The van der Waals surface area contributed by atoms with Crippen LogP contribution in [-0.2, 0) is 4.79 Å². The highest BCUT2D eigenvalue weighted by Gasteiger charge is 1.93. The van der Waals surface area contributed by atoms with Gasteiger partial charge >= 0.3 is 0 Å². The van der Waals surface area contributed by atoms with E-state index in [2.05, 4.69) is 29.6 Å². The fourth-order valence-electron chi connectivity index (χ4n) is 1.86. The van der Waals surface area contributed by atoms with Gasteiger partial charge in [0.2, 0.25) is 5.91 Å². The van der Waals surface area contributed by atoms with Crippen LogP contribution in [0.25, 0.3) is 16.8 Å². The van der Waals surface area contributed by atoms with Crippen molar-refractivity contribution in [3.63, 3.8) is 0 Å². The van der Waals surface area contributed by atoms with Crippen LogP contribution < -0.4 is 5.32 Å². The molecule has 0 heterocycles. The van der Waals surface area contributed by atoms with Gasteiger partial charge in [0, 0.05) is 12.6 Å². The van der Waals surface area contributed by atoms with E-state index >= 15 is 0 Å². The van der Waals surface area contributed by atoms with Crippen molar-refractivity contribution in [1.82, 2.24) is 5.32 Å². The average molecular weight is 267 g/mol. The zero-order valence-corrected chi connectivity index (χ0v) is 11.1. The van der Waals surface area contributed by atoms with Gasteiger partial charge in [-0.15, -0.1) is 0 Å². The van der Waals surface area contributed by atoms with Gasteiger partial charge in [0.15, 0.2) is 0 Å². The predicted molar refractivity (Wildman–Crippen MR) is 82.2 cm³/mol. The van der Waals surface area contributed by atoms with Crippen LogP contribution in [0.5, 0.6) is 0 Å². The molecule has 2 aromatic rings. The van der Waals surface area contributed by atoms with Crippen LogP contribution in [-0.4, -0.2) is 24.2 Å². The Hall–Kier alpha value is -2.39. The first-order chi connectivity index (χ1) is 9.79. The van der Waals surface area contributed by atoms with E-state index < -0.39 is 0 Å². The summed E-state index contributed by atoms with van der Waals surface area (Å²) < 4.78 is 0. The molecule has 2 aromatic carbocycles. The van der Waals surface area contributed by atoms with E-state index in [4.69, 9.17) is 5.11 Å². The van der Waals surface area contributed by atoms with Crippen LogP contribution in [0.15, 0.2) is 60.7 Å². The largest absolute Gasteiger partial charge is 0.395 e. The number of carbonyl (C=O) groups excluding carboxylic acids is 1. The van der Waals surface area contributed by atoms with Gasteiger partial charge in [-0.2, -0.15) is 0 Å². The molecule has 2 rings (SSSR count). The number of aliphatic hydroxyl groups is 1. The van der Waals surface area contributed by atoms with Crippen molar-refractivity contribution in [3.8, 4) is 0 Å². The Balaban J connectivity index is 1.99. The predicted octanol–water partition coefficient (Wildman–Crippen LogP) is 2.52. The minimum absolute atomic E-state index is 0.0491. The molecule has 1 amide bonds. The number of fused-ring (bicyclic) bond motifs is 1. The number of allylic oxidation sites excluding steroid dienone is 2. The van der Waals surface area contributed by atoms with E-state index in [1.54, 1.807) is 6.08 Å². The molecular weight excluding hydrogens is 250 g/mol. The summed E-state index contributed by atoms with van der Waals surface area (Å²) in [5.41, 5.74) is 1.09. The van der Waals surface area contributed by atoms with E-state index in [9.17, 15) is 4.79 Å². The van der Waals surface area contributed by atoms with Crippen molar-refractivity contribution in [2.24, 2.45) is 0 Å². The maximum atomic E-state index is 11.2. The highest BCUT2D eigenvalue weighted by molar-refractivity contribution is 5.88. The first-order valence-corrected chi connectivity index (χ1v) is 6.52. The number of aliphatic hydroxyl groups excluding tert-OH is 1. The summed E-state index contributed by atoms with van der Waals surface area (Å²) in [7, 11) is 0. The Kier molecular flexibility index (Phi) is 5.09. The van der Waals surface area contributed by atoms with Gasteiger partial charge in [0.25, 0.3) is 0 Å². The SMILES string of the molecule is O=C(/C=C/C=C/c1ccc2ccccc2c1)NCCO. The van der Waals surface area contributed by atoms with Crippen LogP contribution in [0.1, 0.15) is 5.56 Å². The lowest BCUT2D eigenvalue weighted by molar-refractivity contribution is -0.116. The monoisotopic (exact) mass is 267 g/mol. The standard InChI is InChI=1S/C17H17NO2/c19-12-11-18-17(20)8-4-1-5-14-9-10-15-6-2-3-7-16(15)13-14/h1-10,13,19H,11-12H2,(H,18,20)/b5-1+,8-4+.